The second-order valence-electron chi connectivity index (χ2n) is 7.51. The molecule has 0 aliphatic heterocycles. The molecule has 2 rings (SSSR count). The minimum Gasteiger partial charge on any atom is -0.442 e. The van der Waals surface area contributed by atoms with Crippen LogP contribution in [0.25, 0.3) is 0 Å². The fourth-order valence-electron chi connectivity index (χ4n) is 2.65. The minimum atomic E-state index is -0.645. The summed E-state index contributed by atoms with van der Waals surface area (Å²) < 4.78 is 10.4. The Bertz CT molecular complexity index is 573. The Morgan fingerprint density at radius 3 is 2.48 bits per heavy atom. The maximum absolute atomic E-state index is 12.5. The molecule has 1 saturated carbocycles. The van der Waals surface area contributed by atoms with Crippen LogP contribution in [-0.4, -0.2) is 48.5 Å². The number of nitrogens with one attached hydrogen (secondary N) is 1. The molecule has 0 bridgehead atoms. The van der Waals surface area contributed by atoms with Gasteiger partial charge in [0.15, 0.2) is 11.6 Å². The number of carbonyl (C=O) groups is 3. The average Bonchev–Trinajstić information content (AvgIpc) is 3.34. The fourth-order valence-corrected chi connectivity index (χ4v) is 2.65. The van der Waals surface area contributed by atoms with Gasteiger partial charge in [-0.1, -0.05) is 0 Å². The van der Waals surface area contributed by atoms with Crippen molar-refractivity contribution in [3.8, 4) is 0 Å². The number of allylic oxidation sites excluding steroid dienone is 2. The minimum absolute atomic E-state index is 0.0391. The molecule has 0 aromatic heterocycles. The number of ketones is 2. The number of hydrogen-bond acceptors (Lipinski definition) is 6. The van der Waals surface area contributed by atoms with Gasteiger partial charge < -0.3 is 9.47 Å². The van der Waals surface area contributed by atoms with Gasteiger partial charge >= 0.3 is 6.09 Å². The summed E-state index contributed by atoms with van der Waals surface area (Å²) in [5, 5.41) is 1.28. The second-order valence-corrected chi connectivity index (χ2v) is 7.51. The molecule has 0 heterocycles. The molecular weight excluding hydrogens is 324 g/mol. The standard InChI is InChI=1S/C18H28N2O5/c1-18(2,3)25-17(23)20(10-11-24-4)19-13-6-5-7-14(21)15(13)16(22)12-8-9-12/h12,19H,5-11H2,1-4H3. The summed E-state index contributed by atoms with van der Waals surface area (Å²) >= 11 is 0. The van der Waals surface area contributed by atoms with E-state index in [9.17, 15) is 14.4 Å². The van der Waals surface area contributed by atoms with E-state index in [1.807, 2.05) is 0 Å². The van der Waals surface area contributed by atoms with E-state index in [-0.39, 0.29) is 29.6 Å². The van der Waals surface area contributed by atoms with Crippen molar-refractivity contribution in [2.45, 2.75) is 58.5 Å². The van der Waals surface area contributed by atoms with Crippen molar-refractivity contribution in [3.05, 3.63) is 11.3 Å². The molecular formula is C18H28N2O5. The lowest BCUT2D eigenvalue weighted by atomic mass is 9.90. The summed E-state index contributed by atoms with van der Waals surface area (Å²) in [6, 6.07) is 0. The van der Waals surface area contributed by atoms with Gasteiger partial charge in [0.2, 0.25) is 0 Å². The number of methoxy groups -OCH3 is 1. The predicted octanol–water partition coefficient (Wildman–Crippen LogP) is 2.36. The molecule has 2 aliphatic carbocycles. The van der Waals surface area contributed by atoms with E-state index in [0.717, 1.165) is 12.8 Å². The molecule has 2 aliphatic rings. The lowest BCUT2D eigenvalue weighted by Crippen LogP contribution is -2.48. The number of nitrogens with zero attached hydrogens (tertiary/aromatic N) is 1. The second kappa shape index (κ2) is 7.99. The topological polar surface area (TPSA) is 84.9 Å². The van der Waals surface area contributed by atoms with Crippen molar-refractivity contribution < 1.29 is 23.9 Å². The zero-order valence-corrected chi connectivity index (χ0v) is 15.5. The van der Waals surface area contributed by atoms with Crippen LogP contribution in [0.3, 0.4) is 0 Å². The highest BCUT2D eigenvalue weighted by Crippen LogP contribution is 2.35. The van der Waals surface area contributed by atoms with E-state index in [0.29, 0.717) is 31.6 Å². The Morgan fingerprint density at radius 1 is 1.24 bits per heavy atom. The normalized spacial score (nSPS) is 18.2. The molecule has 0 spiro atoms. The molecule has 1 amide bonds. The summed E-state index contributed by atoms with van der Waals surface area (Å²) in [4.78, 5) is 37.2. The Kier molecular flexibility index (Phi) is 6.21. The maximum Gasteiger partial charge on any atom is 0.429 e. The van der Waals surface area contributed by atoms with Crippen molar-refractivity contribution in [2.24, 2.45) is 5.92 Å². The SMILES string of the molecule is COCCN(NC1=C(C(=O)C2CC2)C(=O)CCC1)C(=O)OC(C)(C)C. The molecule has 0 aromatic carbocycles. The smallest absolute Gasteiger partial charge is 0.429 e. The maximum atomic E-state index is 12.5. The molecule has 25 heavy (non-hydrogen) atoms. The van der Waals surface area contributed by atoms with Crippen LogP contribution in [0.4, 0.5) is 4.79 Å². The Balaban J connectivity index is 2.21. The van der Waals surface area contributed by atoms with E-state index in [1.54, 1.807) is 27.9 Å². The first-order valence-corrected chi connectivity index (χ1v) is 8.79. The van der Waals surface area contributed by atoms with Gasteiger partial charge in [0.25, 0.3) is 0 Å². The van der Waals surface area contributed by atoms with Crippen LogP contribution >= 0.6 is 0 Å². The van der Waals surface area contributed by atoms with E-state index < -0.39 is 11.7 Å². The third-order valence-corrected chi connectivity index (χ3v) is 4.01. The largest absolute Gasteiger partial charge is 0.442 e. The van der Waals surface area contributed by atoms with Gasteiger partial charge in [0, 0.05) is 25.1 Å². The highest BCUT2D eigenvalue weighted by Gasteiger charge is 2.37. The molecule has 140 valence electrons. The molecule has 0 saturated heterocycles. The quantitative estimate of drug-likeness (QED) is 0.559. The first-order chi connectivity index (χ1) is 11.7. The number of carbonyl (C=O) groups excluding carboxylic acids is 3. The van der Waals surface area contributed by atoms with Gasteiger partial charge in [-0.2, -0.15) is 0 Å². The van der Waals surface area contributed by atoms with Crippen LogP contribution in [0.2, 0.25) is 0 Å². The molecule has 7 heteroatoms. The van der Waals surface area contributed by atoms with Gasteiger partial charge in [0.1, 0.15) is 5.60 Å². The summed E-state index contributed by atoms with van der Waals surface area (Å²) in [5.74, 6) is -0.271. The highest BCUT2D eigenvalue weighted by atomic mass is 16.6. The summed E-state index contributed by atoms with van der Waals surface area (Å²) in [6.45, 7) is 5.90. The van der Waals surface area contributed by atoms with Gasteiger partial charge in [-0.05, 0) is 46.5 Å². The Hall–Kier alpha value is -1.89. The third-order valence-electron chi connectivity index (χ3n) is 4.01. The summed E-state index contributed by atoms with van der Waals surface area (Å²) in [7, 11) is 1.54. The lowest BCUT2D eigenvalue weighted by Gasteiger charge is -2.30. The van der Waals surface area contributed by atoms with Gasteiger partial charge in [-0.3, -0.25) is 15.0 Å². The number of ether oxygens (including phenoxy) is 2. The number of hydrogen-bond donors (Lipinski definition) is 1. The molecule has 1 fully saturated rings. The number of hydrazine groups is 1. The summed E-state index contributed by atoms with van der Waals surface area (Å²) in [6.07, 6.45) is 2.71. The predicted molar refractivity (Wildman–Crippen MR) is 91.6 cm³/mol. The summed E-state index contributed by atoms with van der Waals surface area (Å²) in [5.41, 5.74) is 3.09. The van der Waals surface area contributed by atoms with Crippen LogP contribution in [0.1, 0.15) is 52.9 Å². The van der Waals surface area contributed by atoms with E-state index in [4.69, 9.17) is 9.47 Å². The van der Waals surface area contributed by atoms with E-state index >= 15 is 0 Å². The zero-order valence-electron chi connectivity index (χ0n) is 15.5. The number of rotatable bonds is 7. The number of amides is 1. The molecule has 1 N–H and O–H groups in total. The van der Waals surface area contributed by atoms with Crippen LogP contribution in [0.5, 0.6) is 0 Å². The van der Waals surface area contributed by atoms with Gasteiger partial charge in [-0.25, -0.2) is 9.80 Å². The molecule has 0 unspecified atom stereocenters. The molecule has 7 nitrogen and oxygen atoms in total. The van der Waals surface area contributed by atoms with Crippen molar-refractivity contribution in [3.63, 3.8) is 0 Å². The van der Waals surface area contributed by atoms with Crippen LogP contribution in [0, 0.1) is 5.92 Å². The first kappa shape index (κ1) is 19.4. The van der Waals surface area contributed by atoms with Crippen molar-refractivity contribution in [1.29, 1.82) is 0 Å². The van der Waals surface area contributed by atoms with Crippen molar-refractivity contribution >= 4 is 17.7 Å². The monoisotopic (exact) mass is 352 g/mol. The van der Waals surface area contributed by atoms with Crippen LogP contribution in [0.15, 0.2) is 11.3 Å². The Morgan fingerprint density at radius 2 is 1.92 bits per heavy atom. The molecule has 0 radical (unpaired) electrons. The third kappa shape index (κ3) is 5.56. The number of Topliss-reactive ketones (excluding diaryl/α,β-unsaturated/α-hetero) is 2. The van der Waals surface area contributed by atoms with Crippen molar-refractivity contribution in [1.82, 2.24) is 10.4 Å². The van der Waals surface area contributed by atoms with E-state index in [1.165, 1.54) is 5.01 Å². The first-order valence-electron chi connectivity index (χ1n) is 8.79. The van der Waals surface area contributed by atoms with Crippen molar-refractivity contribution in [2.75, 3.05) is 20.3 Å². The van der Waals surface area contributed by atoms with Gasteiger partial charge in [0.05, 0.1) is 18.7 Å². The fraction of sp³-hybridized carbons (Fsp3) is 0.722. The van der Waals surface area contributed by atoms with E-state index in [2.05, 4.69) is 5.43 Å². The van der Waals surface area contributed by atoms with Crippen LogP contribution < -0.4 is 5.43 Å². The average molecular weight is 352 g/mol. The molecule has 0 aromatic rings. The lowest BCUT2D eigenvalue weighted by molar-refractivity contribution is -0.122. The molecule has 0 atom stereocenters. The Labute approximate surface area is 148 Å². The van der Waals surface area contributed by atoms with Gasteiger partial charge in [-0.15, -0.1) is 0 Å². The highest BCUT2D eigenvalue weighted by molar-refractivity contribution is 6.22. The van der Waals surface area contributed by atoms with Crippen LogP contribution in [-0.2, 0) is 19.1 Å². The zero-order chi connectivity index (χ0) is 18.6.